The highest BCUT2D eigenvalue weighted by Gasteiger charge is 2.26. The van der Waals surface area contributed by atoms with Crippen LogP contribution in [0.3, 0.4) is 0 Å². The van der Waals surface area contributed by atoms with Crippen molar-refractivity contribution in [1.29, 1.82) is 0 Å². The summed E-state index contributed by atoms with van der Waals surface area (Å²) in [6.45, 7) is 12.0. The molecule has 0 spiro atoms. The molecule has 1 saturated heterocycles. The van der Waals surface area contributed by atoms with Crippen LogP contribution in [0.4, 0.5) is 10.5 Å². The number of hydrogen-bond donors (Lipinski definition) is 3. The highest BCUT2D eigenvalue weighted by Crippen LogP contribution is 2.32. The molecule has 1 heterocycles. The first-order valence-electron chi connectivity index (χ1n) is 12.9. The monoisotopic (exact) mass is 580 g/mol. The highest BCUT2D eigenvalue weighted by atomic mass is 35.5. The lowest BCUT2D eigenvalue weighted by molar-refractivity contribution is 0.0470. The van der Waals surface area contributed by atoms with Crippen molar-refractivity contribution in [1.82, 2.24) is 15.5 Å². The molecule has 0 aromatic heterocycles. The topological polar surface area (TPSA) is 96.7 Å². The normalized spacial score (nSPS) is 16.2. The van der Waals surface area contributed by atoms with Gasteiger partial charge in [-0.3, -0.25) is 9.69 Å². The maximum absolute atomic E-state index is 13.1. The molecule has 3 rings (SSSR count). The Morgan fingerprint density at radius 2 is 1.97 bits per heavy atom. The number of nitrogen functional groups attached to an aromatic ring is 1. The number of piperidine rings is 1. The number of ether oxygens (including phenoxy) is 1. The minimum absolute atomic E-state index is 0.0117. The van der Waals surface area contributed by atoms with E-state index in [1.54, 1.807) is 17.8 Å². The van der Waals surface area contributed by atoms with Crippen molar-refractivity contribution in [3.8, 4) is 0 Å². The molecule has 2 aromatic carbocycles. The zero-order valence-electron chi connectivity index (χ0n) is 22.7. The molecule has 10 heteroatoms. The molecule has 0 aliphatic carbocycles. The van der Waals surface area contributed by atoms with Gasteiger partial charge in [0.1, 0.15) is 5.60 Å². The zero-order valence-corrected chi connectivity index (χ0v) is 25.1. The van der Waals surface area contributed by atoms with E-state index in [4.69, 9.17) is 33.7 Å². The molecular formula is C28H38Cl2N4O3S. The Kier molecular flexibility index (Phi) is 10.6. The second kappa shape index (κ2) is 13.3. The second-order valence-electron chi connectivity index (χ2n) is 10.5. The lowest BCUT2D eigenvalue weighted by Crippen LogP contribution is -2.48. The molecule has 0 radical (unpaired) electrons. The molecule has 4 N–H and O–H groups in total. The van der Waals surface area contributed by atoms with Crippen LogP contribution in [-0.2, 0) is 17.8 Å². The third-order valence-electron chi connectivity index (χ3n) is 6.24. The Bertz CT molecular complexity index is 1170. The van der Waals surface area contributed by atoms with Crippen molar-refractivity contribution >= 4 is 52.7 Å². The van der Waals surface area contributed by atoms with Gasteiger partial charge in [-0.05, 0) is 93.8 Å². The predicted octanol–water partition coefficient (Wildman–Crippen LogP) is 6.42. The number of anilines is 1. The molecule has 1 unspecified atom stereocenters. The van der Waals surface area contributed by atoms with Crippen molar-refractivity contribution < 1.29 is 14.3 Å². The Morgan fingerprint density at radius 3 is 2.66 bits per heavy atom. The molecule has 0 bridgehead atoms. The third-order valence-corrected chi connectivity index (χ3v) is 7.91. The number of amides is 2. The Morgan fingerprint density at radius 1 is 1.24 bits per heavy atom. The number of carbonyl (C=O) groups is 2. The third kappa shape index (κ3) is 8.43. The summed E-state index contributed by atoms with van der Waals surface area (Å²) in [4.78, 5) is 28.6. The number of nitrogens with one attached hydrogen (secondary N) is 2. The van der Waals surface area contributed by atoms with Gasteiger partial charge in [0.25, 0.3) is 5.91 Å². The summed E-state index contributed by atoms with van der Waals surface area (Å²) in [6, 6.07) is 7.47. The van der Waals surface area contributed by atoms with E-state index >= 15 is 0 Å². The molecule has 2 amide bonds. The standard InChI is InChI=1S/C28H38Cl2N4O3S/c1-6-38-23-10-9-19(29)13-18(23)14-32-26(35)21-12-17(2)22(24(30)25(21)31)16-34-11-7-8-20(15-34)33-27(36)37-28(3,4)5/h9-10,12-13,20H,6-8,11,14-16,31H2,1-5H3,(H,32,35)(H,33,36). The number of alkyl carbamates (subject to hydrolysis) is 1. The van der Waals surface area contributed by atoms with Crippen LogP contribution in [0.1, 0.15) is 67.6 Å². The highest BCUT2D eigenvalue weighted by molar-refractivity contribution is 7.99. The van der Waals surface area contributed by atoms with Gasteiger partial charge < -0.3 is 21.1 Å². The number of aryl methyl sites for hydroxylation is 1. The van der Waals surface area contributed by atoms with Crippen LogP contribution in [0.5, 0.6) is 0 Å². The summed E-state index contributed by atoms with van der Waals surface area (Å²) in [5.74, 6) is 0.631. The van der Waals surface area contributed by atoms with E-state index in [2.05, 4.69) is 22.5 Å². The van der Waals surface area contributed by atoms with Crippen LogP contribution in [0.25, 0.3) is 0 Å². The first-order valence-corrected chi connectivity index (χ1v) is 14.6. The van der Waals surface area contributed by atoms with Crippen molar-refractivity contribution in [3.63, 3.8) is 0 Å². The second-order valence-corrected chi connectivity index (χ2v) is 12.7. The fraction of sp³-hybridized carbons (Fsp3) is 0.500. The van der Waals surface area contributed by atoms with Gasteiger partial charge >= 0.3 is 6.09 Å². The Labute approximate surface area is 240 Å². The lowest BCUT2D eigenvalue weighted by atomic mass is 9.99. The molecule has 1 aliphatic rings. The molecule has 1 aliphatic heterocycles. The van der Waals surface area contributed by atoms with Crippen molar-refractivity contribution in [2.24, 2.45) is 0 Å². The van der Waals surface area contributed by atoms with Crippen LogP contribution in [0.2, 0.25) is 10.0 Å². The molecule has 208 valence electrons. The lowest BCUT2D eigenvalue weighted by Gasteiger charge is -2.34. The zero-order chi connectivity index (χ0) is 28.0. The summed E-state index contributed by atoms with van der Waals surface area (Å²) in [5.41, 5.74) is 9.17. The number of halogens is 2. The molecule has 2 aromatic rings. The van der Waals surface area contributed by atoms with Gasteiger partial charge in [-0.1, -0.05) is 30.1 Å². The maximum atomic E-state index is 13.1. The minimum atomic E-state index is -0.542. The van der Waals surface area contributed by atoms with E-state index < -0.39 is 11.7 Å². The van der Waals surface area contributed by atoms with Crippen molar-refractivity contribution in [2.45, 2.75) is 77.1 Å². The van der Waals surface area contributed by atoms with E-state index in [0.717, 1.165) is 46.7 Å². The number of nitrogens with zero attached hydrogens (tertiary/aromatic N) is 1. The van der Waals surface area contributed by atoms with E-state index in [1.807, 2.05) is 45.9 Å². The number of thioether (sulfide) groups is 1. The average Bonchev–Trinajstić information content (AvgIpc) is 2.83. The fourth-order valence-electron chi connectivity index (χ4n) is 4.49. The number of benzene rings is 2. The maximum Gasteiger partial charge on any atom is 0.407 e. The summed E-state index contributed by atoms with van der Waals surface area (Å²) >= 11 is 14.6. The van der Waals surface area contributed by atoms with Crippen molar-refractivity contribution in [2.75, 3.05) is 24.6 Å². The molecule has 0 saturated carbocycles. The van der Waals surface area contributed by atoms with Crippen molar-refractivity contribution in [3.05, 3.63) is 56.6 Å². The van der Waals surface area contributed by atoms with Crippen LogP contribution in [0.15, 0.2) is 29.2 Å². The first-order chi connectivity index (χ1) is 17.9. The number of likely N-dealkylation sites (tertiary alicyclic amines) is 1. The summed E-state index contributed by atoms with van der Waals surface area (Å²) < 4.78 is 5.40. The number of rotatable bonds is 8. The van der Waals surface area contributed by atoms with Gasteiger partial charge in [0.15, 0.2) is 0 Å². The van der Waals surface area contributed by atoms with E-state index in [-0.39, 0.29) is 17.6 Å². The van der Waals surface area contributed by atoms with E-state index in [9.17, 15) is 9.59 Å². The van der Waals surface area contributed by atoms with Crippen LogP contribution in [-0.4, -0.2) is 47.4 Å². The molecule has 7 nitrogen and oxygen atoms in total. The quantitative estimate of drug-likeness (QED) is 0.246. The SMILES string of the molecule is CCSc1ccc(Cl)cc1CNC(=O)c1cc(C)c(CN2CCCC(NC(=O)OC(C)(C)C)C2)c(Cl)c1N. The van der Waals surface area contributed by atoms with Gasteiger partial charge in [0.2, 0.25) is 0 Å². The number of nitrogens with two attached hydrogens (primary N) is 1. The largest absolute Gasteiger partial charge is 0.444 e. The molecular weight excluding hydrogens is 543 g/mol. The number of carbonyl (C=O) groups excluding carboxylic acids is 2. The summed E-state index contributed by atoms with van der Waals surface area (Å²) in [7, 11) is 0. The fourth-order valence-corrected chi connectivity index (χ4v) is 5.78. The minimum Gasteiger partial charge on any atom is -0.444 e. The van der Waals surface area contributed by atoms with Gasteiger partial charge in [-0.25, -0.2) is 4.79 Å². The predicted molar refractivity (Wildman–Crippen MR) is 157 cm³/mol. The average molecular weight is 582 g/mol. The van der Waals surface area contributed by atoms with Gasteiger partial charge in [-0.15, -0.1) is 11.8 Å². The summed E-state index contributed by atoms with van der Waals surface area (Å²) in [5, 5.41) is 6.96. The first kappa shape index (κ1) is 30.4. The molecule has 1 atom stereocenters. The smallest absolute Gasteiger partial charge is 0.407 e. The Hall–Kier alpha value is -2.13. The van der Waals surface area contributed by atoms with Crippen LogP contribution < -0.4 is 16.4 Å². The Balaban J connectivity index is 1.68. The molecule has 1 fully saturated rings. The van der Waals surface area contributed by atoms with Crippen LogP contribution in [0, 0.1) is 6.92 Å². The molecule has 38 heavy (non-hydrogen) atoms. The number of hydrogen-bond acceptors (Lipinski definition) is 6. The van der Waals surface area contributed by atoms with E-state index in [0.29, 0.717) is 35.2 Å². The summed E-state index contributed by atoms with van der Waals surface area (Å²) in [6.07, 6.45) is 1.42. The van der Waals surface area contributed by atoms with Gasteiger partial charge in [-0.2, -0.15) is 0 Å². The van der Waals surface area contributed by atoms with E-state index in [1.165, 1.54) is 0 Å². The van der Waals surface area contributed by atoms with Gasteiger partial charge in [0, 0.05) is 35.6 Å². The van der Waals surface area contributed by atoms with Crippen LogP contribution >= 0.6 is 35.0 Å². The van der Waals surface area contributed by atoms with Gasteiger partial charge in [0.05, 0.1) is 16.3 Å².